The van der Waals surface area contributed by atoms with Gasteiger partial charge in [-0.25, -0.2) is 0 Å². The number of carbonyl (C=O) groups excluding carboxylic acids is 2. The smallest absolute Gasteiger partial charge is 0.294 e. The lowest BCUT2D eigenvalue weighted by molar-refractivity contribution is -0.178. The average molecular weight is 681 g/mol. The van der Waals surface area contributed by atoms with Crippen LogP contribution in [0.25, 0.3) is 11.1 Å². The molecule has 5 aliphatic rings. The second-order valence-corrected chi connectivity index (χ2v) is 18.0. The molecule has 0 radical (unpaired) electrons. The van der Waals surface area contributed by atoms with E-state index in [4.69, 9.17) is 16.2 Å². The predicted octanol–water partition coefficient (Wildman–Crippen LogP) is 9.45. The van der Waals surface area contributed by atoms with Crippen LogP contribution in [0.15, 0.2) is 48.5 Å². The Morgan fingerprint density at radius 2 is 1.56 bits per heavy atom. The molecule has 5 aliphatic carbocycles. The Morgan fingerprint density at radius 1 is 0.900 bits per heavy atom. The van der Waals surface area contributed by atoms with Crippen molar-refractivity contribution in [3.05, 3.63) is 59.7 Å². The highest BCUT2D eigenvalue weighted by Crippen LogP contribution is 2.70. The Hall–Kier alpha value is -2.50. The molecule has 5 nitrogen and oxygen atoms in total. The van der Waals surface area contributed by atoms with Gasteiger partial charge in [0.1, 0.15) is 0 Å². The lowest BCUT2D eigenvalue weighted by Gasteiger charge is -2.62. The first-order valence-corrected chi connectivity index (χ1v) is 20.4. The van der Waals surface area contributed by atoms with Gasteiger partial charge < -0.3 is 16.2 Å². The zero-order chi connectivity index (χ0) is 35.3. The molecule has 0 heterocycles. The van der Waals surface area contributed by atoms with Gasteiger partial charge in [0.25, 0.3) is 6.47 Å². The summed E-state index contributed by atoms with van der Waals surface area (Å²) < 4.78 is 6.46. The van der Waals surface area contributed by atoms with Crippen molar-refractivity contribution in [2.45, 2.75) is 135 Å². The van der Waals surface area contributed by atoms with Gasteiger partial charge in [0.2, 0.25) is 0 Å². The maximum absolute atomic E-state index is 15.2. The van der Waals surface area contributed by atoms with E-state index in [0.29, 0.717) is 30.8 Å². The number of nitrogens with two attached hydrogens (primary N) is 2. The topological polar surface area (TPSA) is 95.4 Å². The summed E-state index contributed by atoms with van der Waals surface area (Å²) in [5.41, 5.74) is 16.5. The largest absolute Gasteiger partial charge is 0.452 e. The monoisotopic (exact) mass is 680 g/mol. The van der Waals surface area contributed by atoms with Crippen LogP contribution in [0.3, 0.4) is 0 Å². The molecule has 272 valence electrons. The minimum absolute atomic E-state index is 0.0980. The second-order valence-electron chi connectivity index (χ2n) is 18.0. The Bertz CT molecular complexity index is 1490. The zero-order valence-electron chi connectivity index (χ0n) is 31.4. The van der Waals surface area contributed by atoms with Crippen LogP contribution in [-0.4, -0.2) is 30.4 Å². The van der Waals surface area contributed by atoms with Crippen molar-refractivity contribution >= 4 is 12.3 Å². The van der Waals surface area contributed by atoms with Crippen LogP contribution in [0, 0.1) is 52.3 Å². The molecule has 2 aromatic carbocycles. The molecule has 2 aromatic rings. The van der Waals surface area contributed by atoms with E-state index in [2.05, 4.69) is 76.2 Å². The van der Waals surface area contributed by atoms with E-state index < -0.39 is 11.6 Å². The number of hydrogen-bond donors (Lipinski definition) is 2. The molecule has 0 aliphatic heterocycles. The van der Waals surface area contributed by atoms with Crippen LogP contribution >= 0.6 is 0 Å². The van der Waals surface area contributed by atoms with E-state index in [-0.39, 0.29) is 23.0 Å². The summed E-state index contributed by atoms with van der Waals surface area (Å²) in [6.45, 7) is 11.3. The van der Waals surface area contributed by atoms with E-state index in [9.17, 15) is 4.79 Å². The summed E-state index contributed by atoms with van der Waals surface area (Å²) in [6, 6.07) is 16.1. The summed E-state index contributed by atoms with van der Waals surface area (Å²) in [5.74, 6) is 4.01. The van der Waals surface area contributed by atoms with Gasteiger partial charge in [0.15, 0.2) is 11.4 Å². The summed E-state index contributed by atoms with van der Waals surface area (Å²) in [7, 11) is 0. The van der Waals surface area contributed by atoms with Crippen LogP contribution in [-0.2, 0) is 14.3 Å². The van der Waals surface area contributed by atoms with Crippen LogP contribution in [0.2, 0.25) is 0 Å². The third-order valence-corrected chi connectivity index (χ3v) is 16.0. The molecule has 4 N–H and O–H groups in total. The highest BCUT2D eigenvalue weighted by Gasteiger charge is 2.64. The maximum atomic E-state index is 15.2. The number of carbonyl (C=O) groups is 2. The number of fused-ring (bicyclic) bond motifs is 8. The molecule has 0 amide bonds. The van der Waals surface area contributed by atoms with Gasteiger partial charge in [-0.2, -0.15) is 0 Å². The Kier molecular flexibility index (Phi) is 10.2. The van der Waals surface area contributed by atoms with Gasteiger partial charge in [0, 0.05) is 5.92 Å². The van der Waals surface area contributed by atoms with Crippen molar-refractivity contribution in [1.82, 2.24) is 0 Å². The second kappa shape index (κ2) is 14.1. The highest BCUT2D eigenvalue weighted by atomic mass is 16.5. The SMILES string of the molecule is CCC[C@@H](C)[C@H]1CCC2C3CCC4CC(C(OC=O)(C(=O)[C@@H](N)CCCCN)C5c6ccccc6-c6ccccc65)CC[C@]4(C)C3CC[C@@]21C. The summed E-state index contributed by atoms with van der Waals surface area (Å²) in [5, 5.41) is 0. The number of ketones is 1. The van der Waals surface area contributed by atoms with Crippen molar-refractivity contribution in [3.63, 3.8) is 0 Å². The van der Waals surface area contributed by atoms with Crippen molar-refractivity contribution in [1.29, 1.82) is 0 Å². The van der Waals surface area contributed by atoms with Gasteiger partial charge in [-0.3, -0.25) is 9.59 Å². The number of Topliss-reactive ketones (excluding diaryl/α,β-unsaturated/α-hetero) is 1. The standard InChI is InChI=1S/C45H64N2O3/c1-5-12-29(2)37-20-21-38-36-19-18-30-27-31(22-24-43(30,3)39(36)23-25-44(37,38)4)45(50-28-48,42(49)40(47)17-10-11-26-46)41-34-15-8-6-13-32(34)33-14-7-9-16-35(33)41/h6-9,13-16,28-31,36-41H,5,10-12,17-27,46-47H2,1-4H3/t29-,30?,31?,36?,37-,38?,39?,40+,43+,44-,45?/m1/s1. The molecule has 6 unspecified atom stereocenters. The van der Waals surface area contributed by atoms with Crippen molar-refractivity contribution in [2.24, 2.45) is 63.7 Å². The first-order valence-electron chi connectivity index (χ1n) is 20.4. The van der Waals surface area contributed by atoms with E-state index in [1.54, 1.807) is 0 Å². The average Bonchev–Trinajstić information content (AvgIpc) is 3.65. The zero-order valence-corrected chi connectivity index (χ0v) is 31.4. The van der Waals surface area contributed by atoms with Crippen molar-refractivity contribution < 1.29 is 14.3 Å². The molecule has 50 heavy (non-hydrogen) atoms. The molecule has 0 saturated heterocycles. The molecular weight excluding hydrogens is 617 g/mol. The molecule has 4 fully saturated rings. The van der Waals surface area contributed by atoms with Crippen LogP contribution in [0.1, 0.15) is 135 Å². The number of benzene rings is 2. The normalized spacial score (nSPS) is 35.4. The van der Waals surface area contributed by atoms with E-state index in [1.165, 1.54) is 51.4 Å². The van der Waals surface area contributed by atoms with Crippen molar-refractivity contribution in [3.8, 4) is 11.1 Å². The molecule has 0 bridgehead atoms. The molecule has 4 saturated carbocycles. The first-order chi connectivity index (χ1) is 24.2. The van der Waals surface area contributed by atoms with Gasteiger partial charge in [-0.05, 0) is 146 Å². The van der Waals surface area contributed by atoms with Crippen LogP contribution < -0.4 is 11.5 Å². The van der Waals surface area contributed by atoms with Crippen molar-refractivity contribution in [2.75, 3.05) is 6.54 Å². The lowest BCUT2D eigenvalue weighted by atomic mass is 9.43. The van der Waals surface area contributed by atoms with E-state index >= 15 is 4.79 Å². The third-order valence-electron chi connectivity index (χ3n) is 16.0. The van der Waals surface area contributed by atoms with Gasteiger partial charge in [0.05, 0.1) is 12.0 Å². The highest BCUT2D eigenvalue weighted by molar-refractivity contribution is 5.97. The van der Waals surface area contributed by atoms with Crippen LogP contribution in [0.5, 0.6) is 0 Å². The Morgan fingerprint density at radius 3 is 2.22 bits per heavy atom. The minimum atomic E-state index is -1.36. The summed E-state index contributed by atoms with van der Waals surface area (Å²) in [6.07, 6.45) is 15.7. The molecule has 0 aromatic heterocycles. The Balaban J connectivity index is 1.23. The summed E-state index contributed by atoms with van der Waals surface area (Å²) in [4.78, 5) is 28.0. The summed E-state index contributed by atoms with van der Waals surface area (Å²) >= 11 is 0. The maximum Gasteiger partial charge on any atom is 0.294 e. The Labute approximate surface area is 302 Å². The van der Waals surface area contributed by atoms with Gasteiger partial charge in [-0.1, -0.05) is 95.5 Å². The number of rotatable bonds is 13. The number of unbranched alkanes of at least 4 members (excludes halogenated alkanes) is 1. The van der Waals surface area contributed by atoms with Gasteiger partial charge >= 0.3 is 0 Å². The quantitative estimate of drug-likeness (QED) is 0.162. The molecule has 5 heteroatoms. The number of hydrogen-bond acceptors (Lipinski definition) is 5. The minimum Gasteiger partial charge on any atom is -0.452 e. The van der Waals surface area contributed by atoms with E-state index in [0.717, 1.165) is 83.9 Å². The third kappa shape index (κ3) is 5.54. The lowest BCUT2D eigenvalue weighted by Crippen LogP contribution is -2.61. The number of ether oxygens (including phenoxy) is 1. The first kappa shape index (κ1) is 35.9. The van der Waals surface area contributed by atoms with E-state index in [1.807, 2.05) is 0 Å². The molecule has 11 atom stereocenters. The van der Waals surface area contributed by atoms with Crippen LogP contribution in [0.4, 0.5) is 0 Å². The molecule has 7 rings (SSSR count). The fraction of sp³-hybridized carbons (Fsp3) is 0.689. The van der Waals surface area contributed by atoms with Gasteiger partial charge in [-0.15, -0.1) is 0 Å². The molecular formula is C45H64N2O3. The molecule has 0 spiro atoms. The fourth-order valence-electron chi connectivity index (χ4n) is 13.7. The predicted molar refractivity (Wildman–Crippen MR) is 202 cm³/mol. The fourth-order valence-corrected chi connectivity index (χ4v) is 13.7.